The SMILES string of the molecule is CC(C)(C)c1cc(C(C)(C)c2ccc(OP(O)O)c(C(C)(C)C)c2)ccc1O.CCCCCCCCCc1cccc(O)c1CCCCCCCCC. The van der Waals surface area contributed by atoms with Gasteiger partial charge < -0.3 is 24.5 Å². The molecule has 0 aromatic heterocycles. The van der Waals surface area contributed by atoms with E-state index in [0.717, 1.165) is 35.1 Å². The van der Waals surface area contributed by atoms with Crippen molar-refractivity contribution in [2.24, 2.45) is 0 Å². The van der Waals surface area contributed by atoms with Crippen LogP contribution in [0, 0.1) is 0 Å². The summed E-state index contributed by atoms with van der Waals surface area (Å²) in [6.07, 6.45) is 21.0. The second-order valence-corrected chi connectivity index (χ2v) is 18.3. The molecule has 53 heavy (non-hydrogen) atoms. The van der Waals surface area contributed by atoms with Crippen LogP contribution in [-0.4, -0.2) is 20.0 Å². The number of phenols is 2. The maximum Gasteiger partial charge on any atom is 0.391 e. The highest BCUT2D eigenvalue weighted by Crippen LogP contribution is 2.43. The van der Waals surface area contributed by atoms with Crippen LogP contribution in [0.1, 0.15) is 193 Å². The highest BCUT2D eigenvalue weighted by atomic mass is 31.2. The predicted molar refractivity (Wildman–Crippen MR) is 228 cm³/mol. The summed E-state index contributed by atoms with van der Waals surface area (Å²) in [6.45, 7) is 21.3. The van der Waals surface area contributed by atoms with Crippen LogP contribution in [0.15, 0.2) is 54.6 Å². The van der Waals surface area contributed by atoms with E-state index in [1.807, 2.05) is 30.3 Å². The van der Waals surface area contributed by atoms with E-state index in [2.05, 4.69) is 87.4 Å². The zero-order chi connectivity index (χ0) is 39.7. The smallest absolute Gasteiger partial charge is 0.391 e. The van der Waals surface area contributed by atoms with E-state index in [9.17, 15) is 20.0 Å². The van der Waals surface area contributed by atoms with Gasteiger partial charge in [-0.1, -0.05) is 183 Å². The van der Waals surface area contributed by atoms with Crippen LogP contribution in [0.4, 0.5) is 0 Å². The summed E-state index contributed by atoms with van der Waals surface area (Å²) in [6, 6.07) is 17.8. The third-order valence-electron chi connectivity index (χ3n) is 10.5. The second-order valence-electron chi connectivity index (χ2n) is 17.6. The summed E-state index contributed by atoms with van der Waals surface area (Å²) in [5.74, 6) is 1.32. The van der Waals surface area contributed by atoms with Gasteiger partial charge in [-0.05, 0) is 82.5 Å². The Labute approximate surface area is 325 Å². The molecule has 0 aliphatic rings. The fourth-order valence-corrected chi connectivity index (χ4v) is 7.38. The van der Waals surface area contributed by atoms with Crippen LogP contribution in [-0.2, 0) is 29.1 Å². The molecule has 0 bridgehead atoms. The zero-order valence-corrected chi connectivity index (χ0v) is 36.0. The van der Waals surface area contributed by atoms with Crippen molar-refractivity contribution in [2.75, 3.05) is 0 Å². The van der Waals surface area contributed by atoms with Crippen molar-refractivity contribution >= 4 is 8.60 Å². The Hall–Kier alpha value is -2.59. The molecular weight excluding hydrogens is 675 g/mol. The van der Waals surface area contributed by atoms with Gasteiger partial charge in [-0.15, -0.1) is 0 Å². The lowest BCUT2D eigenvalue weighted by molar-refractivity contribution is 0.369. The van der Waals surface area contributed by atoms with Crippen LogP contribution in [0.2, 0.25) is 0 Å². The minimum Gasteiger partial charge on any atom is -0.508 e. The Morgan fingerprint density at radius 1 is 0.528 bits per heavy atom. The van der Waals surface area contributed by atoms with Gasteiger partial charge in [0.15, 0.2) is 0 Å². The molecule has 5 nitrogen and oxygen atoms in total. The fourth-order valence-electron chi connectivity index (χ4n) is 7.04. The van der Waals surface area contributed by atoms with Crippen LogP contribution in [0.5, 0.6) is 17.2 Å². The molecule has 0 saturated carbocycles. The molecule has 3 aromatic rings. The third-order valence-corrected chi connectivity index (χ3v) is 10.9. The lowest BCUT2D eigenvalue weighted by Crippen LogP contribution is -2.22. The molecule has 6 heteroatoms. The molecule has 0 aliphatic heterocycles. The Balaban J connectivity index is 0.000000370. The first kappa shape index (κ1) is 46.6. The van der Waals surface area contributed by atoms with Gasteiger partial charge in [0.1, 0.15) is 17.2 Å². The van der Waals surface area contributed by atoms with E-state index in [1.165, 1.54) is 101 Å². The van der Waals surface area contributed by atoms with Gasteiger partial charge in [-0.3, -0.25) is 0 Å². The monoisotopic (exact) mass is 751 g/mol. The standard InChI is InChI=1S/C24H42O.C23H33O4P/c1-3-5-7-9-11-13-15-18-22-19-17-21-24(25)23(22)20-16-14-12-10-8-6-4-2;1-21(2,3)17-13-15(9-11-19(17)24)23(7,8)16-10-12-20(27-28(25)26)18(14-16)22(4,5)6/h17,19,21,25H,3-16,18,20H2,1-2H3;9-14,24-26H,1-8H3. The highest BCUT2D eigenvalue weighted by Gasteiger charge is 2.29. The number of unbranched alkanes of at least 4 members (excludes halogenated alkanes) is 12. The van der Waals surface area contributed by atoms with E-state index >= 15 is 0 Å². The van der Waals surface area contributed by atoms with Gasteiger partial charge in [-0.2, -0.15) is 0 Å². The van der Waals surface area contributed by atoms with Crippen molar-refractivity contribution in [1.82, 2.24) is 0 Å². The van der Waals surface area contributed by atoms with Crippen LogP contribution in [0.25, 0.3) is 0 Å². The topological polar surface area (TPSA) is 90.2 Å². The van der Waals surface area contributed by atoms with E-state index in [0.29, 0.717) is 17.2 Å². The fraction of sp³-hybridized carbons (Fsp3) is 0.617. The molecule has 0 saturated heterocycles. The van der Waals surface area contributed by atoms with Crippen LogP contribution >= 0.6 is 8.60 Å². The second kappa shape index (κ2) is 22.7. The third kappa shape index (κ3) is 16.0. The van der Waals surface area contributed by atoms with Gasteiger partial charge >= 0.3 is 8.60 Å². The largest absolute Gasteiger partial charge is 0.508 e. The minimum atomic E-state index is -2.47. The molecule has 298 valence electrons. The van der Waals surface area contributed by atoms with Crippen LogP contribution in [0.3, 0.4) is 0 Å². The van der Waals surface area contributed by atoms with Crippen molar-refractivity contribution < 1.29 is 24.5 Å². The van der Waals surface area contributed by atoms with Crippen molar-refractivity contribution in [3.8, 4) is 17.2 Å². The molecule has 3 aromatic carbocycles. The van der Waals surface area contributed by atoms with Gasteiger partial charge in [0.25, 0.3) is 0 Å². The van der Waals surface area contributed by atoms with Crippen molar-refractivity contribution in [1.29, 1.82) is 0 Å². The lowest BCUT2D eigenvalue weighted by atomic mass is 9.73. The zero-order valence-electron chi connectivity index (χ0n) is 35.2. The number of phenolic OH excluding ortho intramolecular Hbond substituents is 2. The quantitative estimate of drug-likeness (QED) is 0.0682. The molecule has 0 aliphatic carbocycles. The first-order valence-electron chi connectivity index (χ1n) is 20.6. The molecular formula is C47H75O5P. The van der Waals surface area contributed by atoms with E-state index in [-0.39, 0.29) is 16.2 Å². The van der Waals surface area contributed by atoms with Gasteiger partial charge in [0.2, 0.25) is 0 Å². The molecule has 0 atom stereocenters. The van der Waals surface area contributed by atoms with Crippen molar-refractivity contribution in [3.63, 3.8) is 0 Å². The maximum absolute atomic E-state index is 10.3. The normalized spacial score (nSPS) is 12.2. The number of hydrogen-bond acceptors (Lipinski definition) is 5. The summed E-state index contributed by atoms with van der Waals surface area (Å²) in [5.41, 5.74) is 5.95. The molecule has 3 rings (SSSR count). The summed E-state index contributed by atoms with van der Waals surface area (Å²) < 4.78 is 5.27. The highest BCUT2D eigenvalue weighted by molar-refractivity contribution is 7.39. The Morgan fingerprint density at radius 3 is 1.51 bits per heavy atom. The number of aryl methyl sites for hydroxylation is 1. The summed E-state index contributed by atoms with van der Waals surface area (Å²) >= 11 is 0. The summed E-state index contributed by atoms with van der Waals surface area (Å²) in [5, 5.41) is 20.6. The Kier molecular flexibility index (Phi) is 19.9. The van der Waals surface area contributed by atoms with Gasteiger partial charge in [0.05, 0.1) is 0 Å². The van der Waals surface area contributed by atoms with E-state index in [4.69, 9.17) is 4.52 Å². The molecule has 0 radical (unpaired) electrons. The average molecular weight is 751 g/mol. The first-order valence-corrected chi connectivity index (χ1v) is 21.7. The maximum atomic E-state index is 10.3. The number of aromatic hydroxyl groups is 2. The van der Waals surface area contributed by atoms with Gasteiger partial charge in [0, 0.05) is 11.0 Å². The number of benzene rings is 3. The summed E-state index contributed by atoms with van der Waals surface area (Å²) in [4.78, 5) is 18.6. The lowest BCUT2D eigenvalue weighted by Gasteiger charge is -2.31. The molecule has 0 fully saturated rings. The number of hydrogen-bond donors (Lipinski definition) is 4. The minimum absolute atomic E-state index is 0.163. The Bertz CT molecular complexity index is 1480. The average Bonchev–Trinajstić information content (AvgIpc) is 3.07. The molecule has 0 heterocycles. The molecule has 0 unspecified atom stereocenters. The molecule has 0 amide bonds. The number of rotatable bonds is 20. The predicted octanol–water partition coefficient (Wildman–Crippen LogP) is 13.9. The molecule has 4 N–H and O–H groups in total. The van der Waals surface area contributed by atoms with E-state index < -0.39 is 8.60 Å². The summed E-state index contributed by atoms with van der Waals surface area (Å²) in [7, 11) is -2.47. The van der Waals surface area contributed by atoms with Gasteiger partial charge in [-0.25, -0.2) is 0 Å². The van der Waals surface area contributed by atoms with E-state index in [1.54, 1.807) is 6.07 Å². The van der Waals surface area contributed by atoms with Crippen LogP contribution < -0.4 is 4.52 Å². The van der Waals surface area contributed by atoms with Crippen molar-refractivity contribution in [2.45, 2.75) is 188 Å². The Morgan fingerprint density at radius 2 is 1.00 bits per heavy atom. The van der Waals surface area contributed by atoms with Crippen molar-refractivity contribution in [3.05, 3.63) is 88.0 Å². The molecule has 0 spiro atoms. The first-order chi connectivity index (χ1) is 24.9.